The second kappa shape index (κ2) is 7.15. The molecule has 0 unspecified atom stereocenters. The van der Waals surface area contributed by atoms with E-state index in [9.17, 15) is 4.79 Å². The lowest BCUT2D eigenvalue weighted by molar-refractivity contribution is 0.122. The van der Waals surface area contributed by atoms with E-state index in [1.54, 1.807) is 4.90 Å². The molecule has 20 heavy (non-hydrogen) atoms. The number of benzene rings is 1. The number of nitrogens with zero attached hydrogens (tertiary/aromatic N) is 1. The SMILES string of the molecule is C=COC(=O)N1CCC(/C=C/c2ccccc2Cl)CC1. The van der Waals surface area contributed by atoms with E-state index in [4.69, 9.17) is 16.3 Å². The van der Waals surface area contributed by atoms with Gasteiger partial charge in [0.15, 0.2) is 0 Å². The van der Waals surface area contributed by atoms with Crippen LogP contribution in [0.3, 0.4) is 0 Å². The first-order valence-corrected chi connectivity index (χ1v) is 7.07. The van der Waals surface area contributed by atoms with Crippen molar-refractivity contribution in [3.63, 3.8) is 0 Å². The van der Waals surface area contributed by atoms with E-state index < -0.39 is 0 Å². The van der Waals surface area contributed by atoms with Crippen LogP contribution in [0, 0.1) is 5.92 Å². The molecule has 0 bridgehead atoms. The van der Waals surface area contributed by atoms with E-state index in [0.29, 0.717) is 19.0 Å². The summed E-state index contributed by atoms with van der Waals surface area (Å²) in [7, 11) is 0. The van der Waals surface area contributed by atoms with Gasteiger partial charge in [0.2, 0.25) is 0 Å². The molecular formula is C16H18ClNO2. The van der Waals surface area contributed by atoms with Crippen molar-refractivity contribution in [1.82, 2.24) is 4.90 Å². The number of piperidine rings is 1. The zero-order valence-electron chi connectivity index (χ0n) is 11.3. The number of hydrogen-bond acceptors (Lipinski definition) is 2. The van der Waals surface area contributed by atoms with E-state index in [0.717, 1.165) is 23.4 Å². The molecule has 1 fully saturated rings. The van der Waals surface area contributed by atoms with E-state index >= 15 is 0 Å². The fraction of sp³-hybridized carbons (Fsp3) is 0.312. The van der Waals surface area contributed by atoms with Gasteiger partial charge in [-0.2, -0.15) is 0 Å². The number of amides is 1. The molecule has 2 rings (SSSR count). The fourth-order valence-corrected chi connectivity index (χ4v) is 2.47. The molecule has 0 saturated carbocycles. The molecule has 1 heterocycles. The first-order valence-electron chi connectivity index (χ1n) is 6.70. The third-order valence-corrected chi connectivity index (χ3v) is 3.78. The molecule has 4 heteroatoms. The van der Waals surface area contributed by atoms with Crippen molar-refractivity contribution in [3.05, 3.63) is 53.8 Å². The highest BCUT2D eigenvalue weighted by molar-refractivity contribution is 6.32. The zero-order chi connectivity index (χ0) is 14.4. The number of hydrogen-bond donors (Lipinski definition) is 0. The maximum Gasteiger partial charge on any atom is 0.414 e. The summed E-state index contributed by atoms with van der Waals surface area (Å²) in [6, 6.07) is 7.77. The maximum atomic E-state index is 11.5. The van der Waals surface area contributed by atoms with Gasteiger partial charge in [-0.05, 0) is 30.4 Å². The third kappa shape index (κ3) is 3.87. The van der Waals surface area contributed by atoms with Gasteiger partial charge in [-0.25, -0.2) is 4.79 Å². The van der Waals surface area contributed by atoms with Crippen molar-refractivity contribution in [2.24, 2.45) is 5.92 Å². The summed E-state index contributed by atoms with van der Waals surface area (Å²) in [6.45, 7) is 4.81. The smallest absolute Gasteiger partial charge is 0.414 e. The lowest BCUT2D eigenvalue weighted by Crippen LogP contribution is -2.37. The van der Waals surface area contributed by atoms with Crippen LogP contribution in [0.4, 0.5) is 4.79 Å². The number of carbonyl (C=O) groups is 1. The molecule has 1 aliphatic heterocycles. The Bertz CT molecular complexity index is 505. The molecule has 1 amide bonds. The number of carbonyl (C=O) groups excluding carboxylic acids is 1. The van der Waals surface area contributed by atoms with E-state index in [-0.39, 0.29) is 6.09 Å². The molecular weight excluding hydrogens is 274 g/mol. The van der Waals surface area contributed by atoms with E-state index in [1.807, 2.05) is 24.3 Å². The van der Waals surface area contributed by atoms with Gasteiger partial charge >= 0.3 is 6.09 Å². The molecule has 0 aromatic heterocycles. The quantitative estimate of drug-likeness (QED) is 0.775. The molecule has 1 aromatic rings. The van der Waals surface area contributed by atoms with Crippen LogP contribution >= 0.6 is 11.6 Å². The number of ether oxygens (including phenoxy) is 1. The third-order valence-electron chi connectivity index (χ3n) is 3.44. The zero-order valence-corrected chi connectivity index (χ0v) is 12.1. The second-order valence-electron chi connectivity index (χ2n) is 4.76. The molecule has 3 nitrogen and oxygen atoms in total. The van der Waals surface area contributed by atoms with Crippen molar-refractivity contribution >= 4 is 23.8 Å². The van der Waals surface area contributed by atoms with Crippen LogP contribution in [0.15, 0.2) is 43.2 Å². The molecule has 1 saturated heterocycles. The van der Waals surface area contributed by atoms with Gasteiger partial charge in [0.05, 0.1) is 6.26 Å². The maximum absolute atomic E-state index is 11.5. The Morgan fingerprint density at radius 1 is 1.35 bits per heavy atom. The van der Waals surface area contributed by atoms with Gasteiger partial charge in [0.1, 0.15) is 0 Å². The van der Waals surface area contributed by atoms with Crippen molar-refractivity contribution in [3.8, 4) is 0 Å². The largest absolute Gasteiger partial charge is 0.419 e. The monoisotopic (exact) mass is 291 g/mol. The summed E-state index contributed by atoms with van der Waals surface area (Å²) in [5.74, 6) is 0.471. The van der Waals surface area contributed by atoms with Gasteiger partial charge < -0.3 is 9.64 Å². The van der Waals surface area contributed by atoms with Crippen molar-refractivity contribution < 1.29 is 9.53 Å². The lowest BCUT2D eigenvalue weighted by atomic mass is 9.96. The van der Waals surface area contributed by atoms with Gasteiger partial charge in [0.25, 0.3) is 0 Å². The van der Waals surface area contributed by atoms with Gasteiger partial charge in [0, 0.05) is 18.1 Å². The summed E-state index contributed by atoms with van der Waals surface area (Å²) in [5, 5.41) is 0.760. The Labute approximate surface area is 124 Å². The predicted octanol–water partition coefficient (Wildman–Crippen LogP) is 4.35. The minimum absolute atomic E-state index is 0.312. The second-order valence-corrected chi connectivity index (χ2v) is 5.16. The molecule has 0 radical (unpaired) electrons. The summed E-state index contributed by atoms with van der Waals surface area (Å²) in [4.78, 5) is 13.2. The van der Waals surface area contributed by atoms with Crippen LogP contribution in [0.5, 0.6) is 0 Å². The van der Waals surface area contributed by atoms with Crippen LogP contribution in [-0.2, 0) is 4.74 Å². The summed E-state index contributed by atoms with van der Waals surface area (Å²) in [6.07, 6.45) is 6.97. The molecule has 0 spiro atoms. The van der Waals surface area contributed by atoms with Gasteiger partial charge in [-0.3, -0.25) is 0 Å². The van der Waals surface area contributed by atoms with Crippen molar-refractivity contribution in [2.75, 3.05) is 13.1 Å². The average molecular weight is 292 g/mol. The molecule has 1 aliphatic rings. The van der Waals surface area contributed by atoms with Crippen LogP contribution in [0.2, 0.25) is 5.02 Å². The Morgan fingerprint density at radius 3 is 2.70 bits per heavy atom. The minimum atomic E-state index is -0.312. The lowest BCUT2D eigenvalue weighted by Gasteiger charge is -2.29. The summed E-state index contributed by atoms with van der Waals surface area (Å²) >= 11 is 6.11. The highest BCUT2D eigenvalue weighted by Gasteiger charge is 2.21. The normalized spacial score (nSPS) is 16.4. The molecule has 106 valence electrons. The van der Waals surface area contributed by atoms with Gasteiger partial charge in [-0.15, -0.1) is 0 Å². The molecule has 0 atom stereocenters. The number of allylic oxidation sites excluding steroid dienone is 1. The first kappa shape index (κ1) is 14.7. The van der Waals surface area contributed by atoms with Crippen LogP contribution in [-0.4, -0.2) is 24.1 Å². The molecule has 0 N–H and O–H groups in total. The highest BCUT2D eigenvalue weighted by Crippen LogP contribution is 2.22. The Hall–Kier alpha value is -1.74. The van der Waals surface area contributed by atoms with Crippen LogP contribution in [0.1, 0.15) is 18.4 Å². The average Bonchev–Trinajstić information content (AvgIpc) is 2.47. The summed E-state index contributed by atoms with van der Waals surface area (Å²) in [5.41, 5.74) is 1.03. The van der Waals surface area contributed by atoms with Gasteiger partial charge in [-0.1, -0.05) is 48.5 Å². The topological polar surface area (TPSA) is 29.5 Å². The number of halogens is 1. The van der Waals surface area contributed by atoms with Crippen molar-refractivity contribution in [2.45, 2.75) is 12.8 Å². The van der Waals surface area contributed by atoms with E-state index in [1.165, 1.54) is 6.26 Å². The Morgan fingerprint density at radius 2 is 2.05 bits per heavy atom. The van der Waals surface area contributed by atoms with Crippen molar-refractivity contribution in [1.29, 1.82) is 0 Å². The first-order chi connectivity index (χ1) is 9.70. The minimum Gasteiger partial charge on any atom is -0.419 e. The predicted molar refractivity (Wildman–Crippen MR) is 81.5 cm³/mol. The Kier molecular flexibility index (Phi) is 5.24. The van der Waals surface area contributed by atoms with E-state index in [2.05, 4.69) is 18.7 Å². The highest BCUT2D eigenvalue weighted by atomic mass is 35.5. The molecule has 0 aliphatic carbocycles. The fourth-order valence-electron chi connectivity index (χ4n) is 2.27. The molecule has 1 aromatic carbocycles. The standard InChI is InChI=1S/C16H18ClNO2/c1-2-20-16(19)18-11-9-13(10-12-18)7-8-14-5-3-4-6-15(14)17/h2-8,13H,1,9-12H2/b8-7+. The number of rotatable bonds is 3. The Balaban J connectivity index is 1.87. The number of likely N-dealkylation sites (tertiary alicyclic amines) is 1. The van der Waals surface area contributed by atoms with Crippen LogP contribution < -0.4 is 0 Å². The van der Waals surface area contributed by atoms with Crippen LogP contribution in [0.25, 0.3) is 6.08 Å². The summed E-state index contributed by atoms with van der Waals surface area (Å²) < 4.78 is 4.78.